The molecule has 1 saturated carbocycles. The topological polar surface area (TPSA) is 38.3 Å². The number of hydrogen-bond donors (Lipinski definition) is 1. The Morgan fingerprint density at radius 2 is 1.95 bits per heavy atom. The summed E-state index contributed by atoms with van der Waals surface area (Å²) in [6, 6.07) is 7.56. The molecule has 1 fully saturated rings. The Labute approximate surface area is 115 Å². The van der Waals surface area contributed by atoms with Crippen molar-refractivity contribution in [2.45, 2.75) is 39.5 Å². The van der Waals surface area contributed by atoms with Crippen molar-refractivity contribution < 1.29 is 9.53 Å². The predicted octanol–water partition coefficient (Wildman–Crippen LogP) is 3.85. The Bertz CT molecular complexity index is 407. The largest absolute Gasteiger partial charge is 0.494 e. The molecule has 104 valence electrons. The van der Waals surface area contributed by atoms with Crippen LogP contribution >= 0.6 is 0 Å². The molecule has 0 heterocycles. The number of benzene rings is 1. The van der Waals surface area contributed by atoms with Gasteiger partial charge in [-0.1, -0.05) is 19.8 Å². The highest BCUT2D eigenvalue weighted by Crippen LogP contribution is 2.31. The van der Waals surface area contributed by atoms with E-state index in [2.05, 4.69) is 5.32 Å². The lowest BCUT2D eigenvalue weighted by atomic mass is 9.92. The van der Waals surface area contributed by atoms with Crippen LogP contribution in [-0.4, -0.2) is 12.5 Å². The molecular formula is C16H23NO2. The molecule has 1 unspecified atom stereocenters. The SMILES string of the molecule is CCOc1ccc(NC(=O)C(C)C2CCCC2)cc1. The van der Waals surface area contributed by atoms with E-state index in [1.54, 1.807) is 0 Å². The number of anilines is 1. The fourth-order valence-corrected chi connectivity index (χ4v) is 2.73. The highest BCUT2D eigenvalue weighted by Gasteiger charge is 2.26. The highest BCUT2D eigenvalue weighted by molar-refractivity contribution is 5.92. The van der Waals surface area contributed by atoms with Gasteiger partial charge < -0.3 is 10.1 Å². The van der Waals surface area contributed by atoms with Crippen molar-refractivity contribution in [3.8, 4) is 5.75 Å². The minimum atomic E-state index is 0.106. The van der Waals surface area contributed by atoms with Gasteiger partial charge in [-0.2, -0.15) is 0 Å². The molecule has 0 aromatic heterocycles. The quantitative estimate of drug-likeness (QED) is 0.874. The number of nitrogens with one attached hydrogen (secondary N) is 1. The molecule has 3 heteroatoms. The van der Waals surface area contributed by atoms with Crippen LogP contribution in [0.25, 0.3) is 0 Å². The lowest BCUT2D eigenvalue weighted by molar-refractivity contribution is -0.120. The maximum absolute atomic E-state index is 12.2. The van der Waals surface area contributed by atoms with E-state index in [0.29, 0.717) is 12.5 Å². The van der Waals surface area contributed by atoms with Gasteiger partial charge in [-0.05, 0) is 49.9 Å². The Kier molecular flexibility index (Phi) is 4.83. The van der Waals surface area contributed by atoms with Crippen molar-refractivity contribution in [2.24, 2.45) is 11.8 Å². The summed E-state index contributed by atoms with van der Waals surface area (Å²) in [6.45, 7) is 4.66. The fraction of sp³-hybridized carbons (Fsp3) is 0.562. The summed E-state index contributed by atoms with van der Waals surface area (Å²) in [5, 5.41) is 2.99. The number of hydrogen-bond acceptors (Lipinski definition) is 2. The minimum absolute atomic E-state index is 0.106. The molecule has 2 rings (SSSR count). The second kappa shape index (κ2) is 6.60. The monoisotopic (exact) mass is 261 g/mol. The standard InChI is InChI=1S/C16H23NO2/c1-3-19-15-10-8-14(9-11-15)17-16(18)12(2)13-6-4-5-7-13/h8-13H,3-7H2,1-2H3,(H,17,18). The molecule has 0 saturated heterocycles. The number of carbonyl (C=O) groups is 1. The second-order valence-electron chi connectivity index (χ2n) is 5.28. The first-order chi connectivity index (χ1) is 9.20. The van der Waals surface area contributed by atoms with E-state index in [1.807, 2.05) is 38.1 Å². The number of rotatable bonds is 5. The maximum Gasteiger partial charge on any atom is 0.227 e. The van der Waals surface area contributed by atoms with Crippen molar-refractivity contribution >= 4 is 11.6 Å². The smallest absolute Gasteiger partial charge is 0.227 e. The summed E-state index contributed by atoms with van der Waals surface area (Å²) in [7, 11) is 0. The van der Waals surface area contributed by atoms with Crippen LogP contribution in [0, 0.1) is 11.8 Å². The van der Waals surface area contributed by atoms with Gasteiger partial charge in [-0.25, -0.2) is 0 Å². The van der Waals surface area contributed by atoms with E-state index in [4.69, 9.17) is 4.74 Å². The van der Waals surface area contributed by atoms with Crippen molar-refractivity contribution in [1.29, 1.82) is 0 Å². The van der Waals surface area contributed by atoms with Crippen LogP contribution in [0.4, 0.5) is 5.69 Å². The Hall–Kier alpha value is -1.51. The zero-order valence-corrected chi connectivity index (χ0v) is 11.8. The summed E-state index contributed by atoms with van der Waals surface area (Å²) in [5.74, 6) is 1.64. The van der Waals surface area contributed by atoms with Crippen LogP contribution in [0.5, 0.6) is 5.75 Å². The van der Waals surface area contributed by atoms with Gasteiger partial charge >= 0.3 is 0 Å². The molecule has 1 aliphatic rings. The first-order valence-electron chi connectivity index (χ1n) is 7.24. The van der Waals surface area contributed by atoms with E-state index in [9.17, 15) is 4.79 Å². The van der Waals surface area contributed by atoms with E-state index in [-0.39, 0.29) is 11.8 Å². The average Bonchev–Trinajstić information content (AvgIpc) is 2.94. The van der Waals surface area contributed by atoms with E-state index in [0.717, 1.165) is 11.4 Å². The van der Waals surface area contributed by atoms with Crippen LogP contribution in [0.15, 0.2) is 24.3 Å². The molecule has 3 nitrogen and oxygen atoms in total. The van der Waals surface area contributed by atoms with Crippen LogP contribution < -0.4 is 10.1 Å². The molecule has 1 aliphatic carbocycles. The van der Waals surface area contributed by atoms with Gasteiger partial charge in [0, 0.05) is 11.6 Å². The maximum atomic E-state index is 12.2. The number of ether oxygens (including phenoxy) is 1. The van der Waals surface area contributed by atoms with Crippen molar-refractivity contribution in [1.82, 2.24) is 0 Å². The van der Waals surface area contributed by atoms with Gasteiger partial charge in [0.25, 0.3) is 0 Å². The van der Waals surface area contributed by atoms with Crippen LogP contribution in [0.2, 0.25) is 0 Å². The van der Waals surface area contributed by atoms with Crippen molar-refractivity contribution in [3.05, 3.63) is 24.3 Å². The third-order valence-corrected chi connectivity index (χ3v) is 3.95. The van der Waals surface area contributed by atoms with Crippen LogP contribution in [-0.2, 0) is 4.79 Å². The van der Waals surface area contributed by atoms with Crippen LogP contribution in [0.1, 0.15) is 39.5 Å². The third kappa shape index (κ3) is 3.72. The molecule has 1 N–H and O–H groups in total. The molecule has 1 atom stereocenters. The van der Waals surface area contributed by atoms with E-state index < -0.39 is 0 Å². The van der Waals surface area contributed by atoms with Gasteiger partial charge in [-0.15, -0.1) is 0 Å². The van der Waals surface area contributed by atoms with Gasteiger partial charge in [0.05, 0.1) is 6.61 Å². The van der Waals surface area contributed by atoms with Gasteiger partial charge in [0.2, 0.25) is 5.91 Å². The lowest BCUT2D eigenvalue weighted by Crippen LogP contribution is -2.25. The minimum Gasteiger partial charge on any atom is -0.494 e. The molecule has 0 aliphatic heterocycles. The van der Waals surface area contributed by atoms with Crippen molar-refractivity contribution in [2.75, 3.05) is 11.9 Å². The van der Waals surface area contributed by atoms with Crippen molar-refractivity contribution in [3.63, 3.8) is 0 Å². The van der Waals surface area contributed by atoms with E-state index >= 15 is 0 Å². The summed E-state index contributed by atoms with van der Waals surface area (Å²) >= 11 is 0. The number of carbonyl (C=O) groups excluding carboxylic acids is 1. The molecule has 0 spiro atoms. The van der Waals surface area contributed by atoms with Crippen LogP contribution in [0.3, 0.4) is 0 Å². The molecule has 0 bridgehead atoms. The molecule has 19 heavy (non-hydrogen) atoms. The predicted molar refractivity (Wildman–Crippen MR) is 77.4 cm³/mol. The number of amides is 1. The summed E-state index contributed by atoms with van der Waals surface area (Å²) in [6.07, 6.45) is 4.92. The third-order valence-electron chi connectivity index (χ3n) is 3.95. The highest BCUT2D eigenvalue weighted by atomic mass is 16.5. The molecule has 1 aromatic carbocycles. The average molecular weight is 261 g/mol. The summed E-state index contributed by atoms with van der Waals surface area (Å²) in [4.78, 5) is 12.2. The second-order valence-corrected chi connectivity index (χ2v) is 5.28. The summed E-state index contributed by atoms with van der Waals surface area (Å²) < 4.78 is 5.38. The summed E-state index contributed by atoms with van der Waals surface area (Å²) in [5.41, 5.74) is 0.846. The lowest BCUT2D eigenvalue weighted by Gasteiger charge is -2.18. The molecule has 1 amide bonds. The Morgan fingerprint density at radius 1 is 1.32 bits per heavy atom. The fourth-order valence-electron chi connectivity index (χ4n) is 2.73. The first-order valence-corrected chi connectivity index (χ1v) is 7.24. The van der Waals surface area contributed by atoms with Gasteiger partial charge in [-0.3, -0.25) is 4.79 Å². The molecule has 0 radical (unpaired) electrons. The zero-order chi connectivity index (χ0) is 13.7. The first kappa shape index (κ1) is 13.9. The molecule has 1 aromatic rings. The van der Waals surface area contributed by atoms with Gasteiger partial charge in [0.15, 0.2) is 0 Å². The zero-order valence-electron chi connectivity index (χ0n) is 11.8. The Balaban J connectivity index is 1.90. The Morgan fingerprint density at radius 3 is 2.53 bits per heavy atom. The van der Waals surface area contributed by atoms with Gasteiger partial charge in [0.1, 0.15) is 5.75 Å². The molecular weight excluding hydrogens is 238 g/mol. The normalized spacial score (nSPS) is 17.2. The van der Waals surface area contributed by atoms with E-state index in [1.165, 1.54) is 25.7 Å².